The molecule has 0 fully saturated rings. The summed E-state index contributed by atoms with van der Waals surface area (Å²) in [7, 11) is -3.30. The van der Waals surface area contributed by atoms with Gasteiger partial charge in [-0.3, -0.25) is 9.89 Å². The van der Waals surface area contributed by atoms with Crippen molar-refractivity contribution in [2.75, 3.05) is 11.6 Å². The van der Waals surface area contributed by atoms with Gasteiger partial charge in [-0.2, -0.15) is 10.4 Å². The molecule has 1 aromatic carbocycles. The molecule has 0 bridgehead atoms. The number of benzene rings is 1. The summed E-state index contributed by atoms with van der Waals surface area (Å²) in [6.45, 7) is 0. The van der Waals surface area contributed by atoms with Gasteiger partial charge in [0.15, 0.2) is 9.84 Å². The fraction of sp³-hybridized carbons (Fsp3) is 0.214. The van der Waals surface area contributed by atoms with Gasteiger partial charge in [-0.15, -0.1) is 0 Å². The summed E-state index contributed by atoms with van der Waals surface area (Å²) in [5.41, 5.74) is 7.47. The molecular formula is C14H13N5O3S. The molecule has 9 heteroatoms. The molecule has 118 valence electrons. The fourth-order valence-corrected chi connectivity index (χ4v) is 3.43. The first-order valence-corrected chi connectivity index (χ1v) is 8.64. The van der Waals surface area contributed by atoms with Crippen LogP contribution in [0.2, 0.25) is 0 Å². The van der Waals surface area contributed by atoms with E-state index in [0.29, 0.717) is 22.6 Å². The first-order valence-electron chi connectivity index (χ1n) is 6.69. The van der Waals surface area contributed by atoms with Crippen molar-refractivity contribution in [3.8, 4) is 17.3 Å². The molecule has 0 aliphatic carbocycles. The van der Waals surface area contributed by atoms with E-state index in [1.165, 1.54) is 6.07 Å². The number of H-pyrrole nitrogens is 1. The summed E-state index contributed by atoms with van der Waals surface area (Å²) >= 11 is 0. The number of anilines is 1. The van der Waals surface area contributed by atoms with Crippen LogP contribution in [0.4, 0.5) is 5.69 Å². The molecule has 0 radical (unpaired) electrons. The number of nitrogens with two attached hydrogens (primary N) is 1. The van der Waals surface area contributed by atoms with Gasteiger partial charge in [0.05, 0.1) is 23.0 Å². The van der Waals surface area contributed by atoms with Crippen LogP contribution in [-0.2, 0) is 16.3 Å². The summed E-state index contributed by atoms with van der Waals surface area (Å²) in [6, 6.07) is 6.61. The average Bonchev–Trinajstić information content (AvgIpc) is 3.05. The number of primary amides is 1. The van der Waals surface area contributed by atoms with E-state index in [1.807, 2.05) is 6.07 Å². The number of nitrogens with one attached hydrogen (secondary N) is 2. The molecule has 1 aliphatic rings. The lowest BCUT2D eigenvalue weighted by atomic mass is 9.97. The fourth-order valence-electron chi connectivity index (χ4n) is 2.62. The summed E-state index contributed by atoms with van der Waals surface area (Å²) in [4.78, 5) is 11.7. The third-order valence-electron chi connectivity index (χ3n) is 3.74. The molecule has 1 aliphatic heterocycles. The lowest BCUT2D eigenvalue weighted by Crippen LogP contribution is -2.26. The Bertz CT molecular complexity index is 955. The standard InChI is InChI=1S/C14H13N5O3S/c1-23(21,22)10-5-9-12(17-10)13(19-18-9)11-7(6-15)3-2-4-8(11)14(16)20/h2-4,10,17H,5H2,1H3,(H2,16,20)(H,18,19). The molecule has 1 aromatic heterocycles. The first kappa shape index (κ1) is 15.1. The van der Waals surface area contributed by atoms with Gasteiger partial charge < -0.3 is 11.1 Å². The van der Waals surface area contributed by atoms with Crippen molar-refractivity contribution in [3.63, 3.8) is 0 Å². The molecule has 1 amide bonds. The SMILES string of the molecule is CS(=O)(=O)C1Cc2[nH]nc(-c3c(C#N)cccc3C(N)=O)c2N1. The monoisotopic (exact) mass is 331 g/mol. The molecule has 1 atom stereocenters. The summed E-state index contributed by atoms with van der Waals surface area (Å²) in [5, 5.41) is 18.3. The lowest BCUT2D eigenvalue weighted by molar-refractivity contribution is 0.100. The Kier molecular flexibility index (Phi) is 3.34. The number of nitrogens with zero attached hydrogens (tertiary/aromatic N) is 2. The molecule has 2 aromatic rings. The maximum absolute atomic E-state index is 11.7. The lowest BCUT2D eigenvalue weighted by Gasteiger charge is -2.11. The maximum Gasteiger partial charge on any atom is 0.249 e. The van der Waals surface area contributed by atoms with Crippen molar-refractivity contribution in [1.29, 1.82) is 5.26 Å². The Labute approximate surface area is 132 Å². The van der Waals surface area contributed by atoms with Crippen LogP contribution in [0.15, 0.2) is 18.2 Å². The number of rotatable bonds is 3. The van der Waals surface area contributed by atoms with Crippen molar-refractivity contribution in [3.05, 3.63) is 35.0 Å². The zero-order valence-electron chi connectivity index (χ0n) is 12.1. The number of sulfone groups is 1. The smallest absolute Gasteiger partial charge is 0.249 e. The van der Waals surface area contributed by atoms with Crippen molar-refractivity contribution in [1.82, 2.24) is 10.2 Å². The molecule has 1 unspecified atom stereocenters. The molecule has 0 saturated heterocycles. The van der Waals surface area contributed by atoms with E-state index >= 15 is 0 Å². The minimum absolute atomic E-state index is 0.156. The van der Waals surface area contributed by atoms with Gasteiger partial charge in [0, 0.05) is 23.8 Å². The highest BCUT2D eigenvalue weighted by atomic mass is 32.2. The summed E-state index contributed by atoms with van der Waals surface area (Å²) < 4.78 is 23.4. The van der Waals surface area contributed by atoms with Gasteiger partial charge in [0.1, 0.15) is 11.1 Å². The highest BCUT2D eigenvalue weighted by molar-refractivity contribution is 7.91. The van der Waals surface area contributed by atoms with Crippen molar-refractivity contribution >= 4 is 21.4 Å². The van der Waals surface area contributed by atoms with Crippen LogP contribution in [-0.4, -0.2) is 36.2 Å². The summed E-state index contributed by atoms with van der Waals surface area (Å²) in [5.74, 6) is -0.688. The predicted molar refractivity (Wildman–Crippen MR) is 83.2 cm³/mol. The van der Waals surface area contributed by atoms with Crippen LogP contribution in [0, 0.1) is 11.3 Å². The van der Waals surface area contributed by atoms with Crippen LogP contribution in [0.1, 0.15) is 21.6 Å². The Morgan fingerprint density at radius 2 is 2.22 bits per heavy atom. The number of hydrogen-bond acceptors (Lipinski definition) is 6. The molecule has 23 heavy (non-hydrogen) atoms. The second kappa shape index (κ2) is 5.10. The highest BCUT2D eigenvalue weighted by Crippen LogP contribution is 2.38. The Hall–Kier alpha value is -2.86. The topological polar surface area (TPSA) is 142 Å². The quantitative estimate of drug-likeness (QED) is 0.742. The van der Waals surface area contributed by atoms with E-state index in [4.69, 9.17) is 5.73 Å². The Balaban J connectivity index is 2.18. The number of aromatic amines is 1. The van der Waals surface area contributed by atoms with E-state index < -0.39 is 21.1 Å². The second-order valence-electron chi connectivity index (χ2n) is 5.30. The average molecular weight is 331 g/mol. The van der Waals surface area contributed by atoms with Crippen LogP contribution < -0.4 is 11.1 Å². The minimum atomic E-state index is -3.30. The van der Waals surface area contributed by atoms with Crippen molar-refractivity contribution < 1.29 is 13.2 Å². The summed E-state index contributed by atoms with van der Waals surface area (Å²) in [6.07, 6.45) is 1.38. The molecule has 0 spiro atoms. The van der Waals surface area contributed by atoms with Gasteiger partial charge >= 0.3 is 0 Å². The number of carbonyl (C=O) groups is 1. The Morgan fingerprint density at radius 3 is 2.83 bits per heavy atom. The number of fused-ring (bicyclic) bond motifs is 1. The second-order valence-corrected chi connectivity index (χ2v) is 7.52. The van der Waals surface area contributed by atoms with Gasteiger partial charge in [0.2, 0.25) is 5.91 Å². The van der Waals surface area contributed by atoms with Gasteiger partial charge in [-0.05, 0) is 12.1 Å². The Morgan fingerprint density at radius 1 is 1.48 bits per heavy atom. The molecule has 0 saturated carbocycles. The van der Waals surface area contributed by atoms with Crippen LogP contribution in [0.5, 0.6) is 0 Å². The molecule has 4 N–H and O–H groups in total. The largest absolute Gasteiger partial charge is 0.366 e. The van der Waals surface area contributed by atoms with E-state index in [1.54, 1.807) is 12.1 Å². The van der Waals surface area contributed by atoms with Gasteiger partial charge in [0.25, 0.3) is 0 Å². The van der Waals surface area contributed by atoms with Crippen molar-refractivity contribution in [2.24, 2.45) is 5.73 Å². The molecule has 8 nitrogen and oxygen atoms in total. The van der Waals surface area contributed by atoms with Crippen LogP contribution in [0.25, 0.3) is 11.3 Å². The predicted octanol–water partition coefficient (Wildman–Crippen LogP) is 0.386. The zero-order valence-corrected chi connectivity index (χ0v) is 12.9. The van der Waals surface area contributed by atoms with E-state index in [2.05, 4.69) is 15.5 Å². The third-order valence-corrected chi connectivity index (χ3v) is 5.06. The van der Waals surface area contributed by atoms with Crippen LogP contribution in [0.3, 0.4) is 0 Å². The van der Waals surface area contributed by atoms with E-state index in [-0.39, 0.29) is 17.5 Å². The number of nitriles is 1. The van der Waals surface area contributed by atoms with E-state index in [0.717, 1.165) is 6.26 Å². The highest BCUT2D eigenvalue weighted by Gasteiger charge is 2.34. The van der Waals surface area contributed by atoms with Crippen molar-refractivity contribution in [2.45, 2.75) is 11.8 Å². The maximum atomic E-state index is 11.7. The minimum Gasteiger partial charge on any atom is -0.366 e. The normalized spacial score (nSPS) is 16.4. The number of carbonyl (C=O) groups excluding carboxylic acids is 1. The first-order chi connectivity index (χ1) is 10.8. The molecular weight excluding hydrogens is 318 g/mol. The van der Waals surface area contributed by atoms with Gasteiger partial charge in [-0.1, -0.05) is 6.07 Å². The third kappa shape index (κ3) is 2.43. The number of hydrogen-bond donors (Lipinski definition) is 3. The van der Waals surface area contributed by atoms with Gasteiger partial charge in [-0.25, -0.2) is 8.42 Å². The van der Waals surface area contributed by atoms with Crippen LogP contribution >= 0.6 is 0 Å². The molecule has 3 rings (SSSR count). The van der Waals surface area contributed by atoms with E-state index in [9.17, 15) is 18.5 Å². The number of amides is 1. The zero-order chi connectivity index (χ0) is 16.8. The molecule has 2 heterocycles. The number of aromatic nitrogens is 2.